The first kappa shape index (κ1) is 23.6. The summed E-state index contributed by atoms with van der Waals surface area (Å²) in [5.74, 6) is 1.15. The Morgan fingerprint density at radius 2 is 1.21 bits per heavy atom. The van der Waals surface area contributed by atoms with E-state index in [1.54, 1.807) is 18.2 Å². The summed E-state index contributed by atoms with van der Waals surface area (Å²) < 4.78 is 7.29. The predicted octanol–water partition coefficient (Wildman–Crippen LogP) is 6.49. The molecule has 11 heteroatoms. The van der Waals surface area contributed by atoms with Gasteiger partial charge in [0.05, 0.1) is 13.2 Å². The van der Waals surface area contributed by atoms with E-state index in [0.717, 1.165) is 5.56 Å². The molecular formula is C17H15Cl6N3O2. The Bertz CT molecular complexity index is 793. The summed E-state index contributed by atoms with van der Waals surface area (Å²) >= 11 is 35.2. The van der Waals surface area contributed by atoms with Gasteiger partial charge in [0.1, 0.15) is 11.5 Å². The molecule has 0 amide bonds. The van der Waals surface area contributed by atoms with Crippen LogP contribution in [0.25, 0.3) is 12.2 Å². The molecular weight excluding hydrogens is 491 g/mol. The molecule has 2 aromatic rings. The minimum atomic E-state index is -1.91. The van der Waals surface area contributed by atoms with Gasteiger partial charge in [-0.3, -0.25) is 0 Å². The highest BCUT2D eigenvalue weighted by Gasteiger charge is 2.33. The molecule has 2 rings (SSSR count). The molecule has 0 fully saturated rings. The highest BCUT2D eigenvalue weighted by atomic mass is 35.6. The first-order valence-electron chi connectivity index (χ1n) is 8.02. The van der Waals surface area contributed by atoms with E-state index in [1.165, 1.54) is 0 Å². The van der Waals surface area contributed by atoms with E-state index >= 15 is 0 Å². The number of nitrogens with zero attached hydrogens (tertiary/aromatic N) is 3. The van der Waals surface area contributed by atoms with Crippen LogP contribution in [0.3, 0.4) is 0 Å². The summed E-state index contributed by atoms with van der Waals surface area (Å²) in [5.41, 5.74) is 0.778. The minimum absolute atomic E-state index is 0.150. The van der Waals surface area contributed by atoms with Crippen LogP contribution in [-0.2, 0) is 7.59 Å². The summed E-state index contributed by atoms with van der Waals surface area (Å²) in [7, 11) is 0. The van der Waals surface area contributed by atoms with E-state index in [0.29, 0.717) is 24.7 Å². The normalized spacial score (nSPS) is 12.4. The molecule has 0 aliphatic heterocycles. The molecule has 0 N–H and O–H groups in total. The fraction of sp³-hybridized carbons (Fsp3) is 0.353. The predicted molar refractivity (Wildman–Crippen MR) is 116 cm³/mol. The number of aromatic nitrogens is 3. The third-order valence-electron chi connectivity index (χ3n) is 3.11. The molecule has 5 nitrogen and oxygen atoms in total. The molecule has 0 unspecified atom stereocenters. The molecule has 0 bridgehead atoms. The van der Waals surface area contributed by atoms with E-state index in [9.17, 15) is 0 Å². The molecule has 0 radical (unpaired) electrons. The molecule has 1 aromatic carbocycles. The van der Waals surface area contributed by atoms with Crippen LogP contribution in [-0.4, -0.2) is 28.2 Å². The van der Waals surface area contributed by atoms with Crippen molar-refractivity contribution in [2.45, 2.75) is 21.4 Å². The van der Waals surface area contributed by atoms with Crippen molar-refractivity contribution < 1.29 is 9.47 Å². The number of benzene rings is 1. The topological polar surface area (TPSA) is 57.1 Å². The number of halogens is 6. The maximum atomic E-state index is 5.87. The van der Waals surface area contributed by atoms with Crippen LogP contribution >= 0.6 is 69.6 Å². The Hall–Kier alpha value is -0.690. The Morgan fingerprint density at radius 3 is 1.61 bits per heavy atom. The van der Waals surface area contributed by atoms with Gasteiger partial charge in [0.2, 0.25) is 7.59 Å². The van der Waals surface area contributed by atoms with E-state index in [2.05, 4.69) is 15.0 Å². The zero-order valence-corrected chi connectivity index (χ0v) is 19.3. The van der Waals surface area contributed by atoms with Gasteiger partial charge < -0.3 is 9.47 Å². The summed E-state index contributed by atoms with van der Waals surface area (Å²) in [6.07, 6.45) is 3.30. The Labute approximate surface area is 192 Å². The Morgan fingerprint density at radius 1 is 0.750 bits per heavy atom. The fourth-order valence-electron chi connectivity index (χ4n) is 2.08. The van der Waals surface area contributed by atoms with Gasteiger partial charge in [-0.15, -0.1) is 0 Å². The van der Waals surface area contributed by atoms with Crippen LogP contribution in [0.15, 0.2) is 18.2 Å². The molecule has 1 aromatic heterocycles. The number of alkyl halides is 6. The smallest absolute Gasteiger partial charge is 0.250 e. The second kappa shape index (κ2) is 9.88. The van der Waals surface area contributed by atoms with Crippen molar-refractivity contribution in [1.82, 2.24) is 15.0 Å². The van der Waals surface area contributed by atoms with Gasteiger partial charge in [-0.1, -0.05) is 75.7 Å². The number of rotatable bonds is 6. The zero-order chi connectivity index (χ0) is 20.9. The molecule has 0 aliphatic rings. The standard InChI is InChI=1S/C17H15Cl6N3O2/c1-3-27-11-7-10(8-12(9-11)28-4-2)5-6-13-24-14(16(18,19)20)26-15(25-13)17(21,22)23/h5-9H,3-4H2,1-2H3. The fourth-order valence-corrected chi connectivity index (χ4v) is 2.59. The highest BCUT2D eigenvalue weighted by Crippen LogP contribution is 2.40. The molecule has 0 aliphatic carbocycles. The number of ether oxygens (including phenoxy) is 2. The highest BCUT2D eigenvalue weighted by molar-refractivity contribution is 6.67. The number of hydrogen-bond donors (Lipinski definition) is 0. The summed E-state index contributed by atoms with van der Waals surface area (Å²) in [5, 5.41) is 0. The first-order valence-corrected chi connectivity index (χ1v) is 10.3. The van der Waals surface area contributed by atoms with E-state index in [4.69, 9.17) is 79.1 Å². The van der Waals surface area contributed by atoms with Gasteiger partial charge in [-0.25, -0.2) is 15.0 Å². The van der Waals surface area contributed by atoms with Crippen LogP contribution in [0.1, 0.15) is 36.9 Å². The van der Waals surface area contributed by atoms with Crippen molar-refractivity contribution in [2.75, 3.05) is 13.2 Å². The second-order valence-corrected chi connectivity index (χ2v) is 9.84. The lowest BCUT2D eigenvalue weighted by atomic mass is 10.2. The van der Waals surface area contributed by atoms with Crippen LogP contribution < -0.4 is 9.47 Å². The maximum absolute atomic E-state index is 5.87. The largest absolute Gasteiger partial charge is 0.494 e. The lowest BCUT2D eigenvalue weighted by Gasteiger charge is -2.14. The van der Waals surface area contributed by atoms with Crippen LogP contribution in [0.5, 0.6) is 11.5 Å². The van der Waals surface area contributed by atoms with Crippen molar-refractivity contribution in [3.8, 4) is 11.5 Å². The molecule has 0 saturated carbocycles. The lowest BCUT2D eigenvalue weighted by Crippen LogP contribution is -2.16. The molecule has 152 valence electrons. The summed E-state index contributed by atoms with van der Waals surface area (Å²) in [4.78, 5) is 12.1. The van der Waals surface area contributed by atoms with Gasteiger partial charge in [0.25, 0.3) is 0 Å². The van der Waals surface area contributed by atoms with Gasteiger partial charge >= 0.3 is 0 Å². The van der Waals surface area contributed by atoms with E-state index in [1.807, 2.05) is 26.0 Å². The minimum Gasteiger partial charge on any atom is -0.494 e. The van der Waals surface area contributed by atoms with Gasteiger partial charge in [-0.05, 0) is 37.6 Å². The van der Waals surface area contributed by atoms with Crippen LogP contribution in [0, 0.1) is 0 Å². The van der Waals surface area contributed by atoms with Crippen molar-refractivity contribution in [3.05, 3.63) is 41.2 Å². The van der Waals surface area contributed by atoms with Crippen LogP contribution in [0.4, 0.5) is 0 Å². The molecule has 28 heavy (non-hydrogen) atoms. The second-order valence-electron chi connectivity index (χ2n) is 5.27. The van der Waals surface area contributed by atoms with E-state index < -0.39 is 7.59 Å². The summed E-state index contributed by atoms with van der Waals surface area (Å²) in [6.45, 7) is 4.82. The summed E-state index contributed by atoms with van der Waals surface area (Å²) in [6, 6.07) is 5.46. The Kier molecular flexibility index (Phi) is 8.32. The van der Waals surface area contributed by atoms with Crippen molar-refractivity contribution in [3.63, 3.8) is 0 Å². The maximum Gasteiger partial charge on any atom is 0.250 e. The number of hydrogen-bond acceptors (Lipinski definition) is 5. The average Bonchev–Trinajstić information content (AvgIpc) is 2.59. The van der Waals surface area contributed by atoms with Crippen LogP contribution in [0.2, 0.25) is 0 Å². The first-order chi connectivity index (χ1) is 13.0. The monoisotopic (exact) mass is 503 g/mol. The average molecular weight is 506 g/mol. The van der Waals surface area contributed by atoms with Gasteiger partial charge in [0, 0.05) is 6.07 Å². The quantitative estimate of drug-likeness (QED) is 0.420. The van der Waals surface area contributed by atoms with Gasteiger partial charge in [0.15, 0.2) is 17.5 Å². The Balaban J connectivity index is 2.45. The molecule has 0 saturated heterocycles. The molecule has 0 spiro atoms. The van der Waals surface area contributed by atoms with E-state index in [-0.39, 0.29) is 17.5 Å². The van der Waals surface area contributed by atoms with Crippen molar-refractivity contribution in [2.24, 2.45) is 0 Å². The van der Waals surface area contributed by atoms with Crippen molar-refractivity contribution >= 4 is 81.8 Å². The molecule has 0 atom stereocenters. The SMILES string of the molecule is CCOc1cc(C=Cc2nc(C(Cl)(Cl)Cl)nc(C(Cl)(Cl)Cl)n2)cc(OCC)c1. The van der Waals surface area contributed by atoms with Crippen molar-refractivity contribution in [1.29, 1.82) is 0 Å². The molecule has 1 heterocycles. The third-order valence-corrected chi connectivity index (χ3v) is 4.12. The lowest BCUT2D eigenvalue weighted by molar-refractivity contribution is 0.323. The zero-order valence-electron chi connectivity index (χ0n) is 14.7. The van der Waals surface area contributed by atoms with Gasteiger partial charge in [-0.2, -0.15) is 0 Å². The third kappa shape index (κ3) is 6.97.